The molecule has 0 radical (unpaired) electrons. The van der Waals surface area contributed by atoms with E-state index < -0.39 is 28.5 Å². The largest absolute Gasteiger partial charge is 0.494 e. The van der Waals surface area contributed by atoms with Crippen LogP contribution in [-0.4, -0.2) is 12.5 Å². The number of anilines is 1. The third-order valence-corrected chi connectivity index (χ3v) is 16.4. The Labute approximate surface area is 439 Å². The Balaban J connectivity index is 0.849. The quantitative estimate of drug-likeness (QED) is 0.104. The molecule has 8 aromatic rings. The van der Waals surface area contributed by atoms with Crippen LogP contribution in [0, 0.1) is 23.4 Å². The molecule has 8 aromatic carbocycles. The first kappa shape index (κ1) is 49.8. The van der Waals surface area contributed by atoms with Crippen molar-refractivity contribution < 1.29 is 27.4 Å². The highest BCUT2D eigenvalue weighted by atomic mass is 19.1. The Bertz CT molecular complexity index is 3410. The number of halogens is 3. The Morgan fingerprint density at radius 1 is 0.653 bits per heavy atom. The molecule has 4 nitrogen and oxygen atoms in total. The van der Waals surface area contributed by atoms with Crippen LogP contribution in [0.2, 0.25) is 0 Å². The summed E-state index contributed by atoms with van der Waals surface area (Å²) < 4.78 is 61.1. The lowest BCUT2D eigenvalue weighted by atomic mass is 9.76. The predicted octanol–water partition coefficient (Wildman–Crippen LogP) is 18.5. The number of ether oxygens (including phenoxy) is 2. The number of nitrogens with one attached hydrogen (secondary N) is 1. The Morgan fingerprint density at radius 2 is 1.25 bits per heavy atom. The second-order valence-electron chi connectivity index (χ2n) is 21.5. The maximum absolute atomic E-state index is 16.8. The minimum absolute atomic E-state index is 0.0348. The molecule has 0 spiro atoms. The Hall–Kier alpha value is -7.38. The average molecular weight is 1000 g/mol. The van der Waals surface area contributed by atoms with Crippen molar-refractivity contribution in [1.82, 2.24) is 0 Å². The van der Waals surface area contributed by atoms with E-state index in [4.69, 9.17) is 9.47 Å². The molecule has 380 valence electrons. The van der Waals surface area contributed by atoms with Gasteiger partial charge in [-0.25, -0.2) is 13.2 Å². The molecule has 1 heterocycles. The molecule has 1 aliphatic heterocycles. The zero-order chi connectivity index (χ0) is 51.8. The molecule has 0 aromatic heterocycles. The van der Waals surface area contributed by atoms with Crippen LogP contribution in [0.3, 0.4) is 0 Å². The molecular formula is C68H64F3NO3. The van der Waals surface area contributed by atoms with Crippen molar-refractivity contribution in [2.45, 2.75) is 109 Å². The molecule has 0 bridgehead atoms. The van der Waals surface area contributed by atoms with E-state index in [9.17, 15) is 9.18 Å². The molecule has 1 fully saturated rings. The van der Waals surface area contributed by atoms with Gasteiger partial charge in [-0.1, -0.05) is 151 Å². The first-order valence-corrected chi connectivity index (χ1v) is 27.1. The zero-order valence-corrected chi connectivity index (χ0v) is 43.4. The van der Waals surface area contributed by atoms with E-state index in [1.807, 2.05) is 84.9 Å². The van der Waals surface area contributed by atoms with Gasteiger partial charge in [0.2, 0.25) is 0 Å². The van der Waals surface area contributed by atoms with Crippen molar-refractivity contribution in [3.8, 4) is 44.9 Å². The van der Waals surface area contributed by atoms with Gasteiger partial charge in [-0.2, -0.15) is 0 Å². The SMILES string of the molecule is CCCCCC1CCC(c2ccc(-c3ccc(NC(=O)c4ccc(-c5ccc6c(c5)-c5c(c7c(c8c(F)ccc(F)c58)OC(c5ccc(F)cc5)(c5ccc(OCCCC)cc5)C=C7)C6(C)C)cc4)cc3)cc2)CC1. The molecule has 3 aliphatic rings. The minimum Gasteiger partial charge on any atom is -0.494 e. The summed E-state index contributed by atoms with van der Waals surface area (Å²) in [5.41, 5.74) is 9.87. The van der Waals surface area contributed by atoms with E-state index >= 15 is 8.78 Å². The van der Waals surface area contributed by atoms with E-state index in [1.165, 1.54) is 75.1 Å². The van der Waals surface area contributed by atoms with Crippen molar-refractivity contribution in [2.75, 3.05) is 11.9 Å². The third kappa shape index (κ3) is 9.45. The lowest BCUT2D eigenvalue weighted by Crippen LogP contribution is -2.35. The van der Waals surface area contributed by atoms with E-state index in [2.05, 4.69) is 75.5 Å². The van der Waals surface area contributed by atoms with Gasteiger partial charge in [0.25, 0.3) is 5.91 Å². The van der Waals surface area contributed by atoms with Gasteiger partial charge in [-0.15, -0.1) is 0 Å². The summed E-state index contributed by atoms with van der Waals surface area (Å²) in [6, 6.07) is 46.7. The van der Waals surface area contributed by atoms with Gasteiger partial charge < -0.3 is 14.8 Å². The molecular weight excluding hydrogens is 936 g/mol. The van der Waals surface area contributed by atoms with Gasteiger partial charge in [0, 0.05) is 38.7 Å². The number of amides is 1. The summed E-state index contributed by atoms with van der Waals surface area (Å²) in [6.45, 7) is 9.18. The number of carbonyl (C=O) groups excluding carboxylic acids is 1. The smallest absolute Gasteiger partial charge is 0.255 e. The average Bonchev–Trinajstić information content (AvgIpc) is 3.71. The van der Waals surface area contributed by atoms with Gasteiger partial charge in [0.05, 0.1) is 12.0 Å². The highest BCUT2D eigenvalue weighted by Crippen LogP contribution is 2.59. The van der Waals surface area contributed by atoms with Crippen molar-refractivity contribution >= 4 is 28.4 Å². The van der Waals surface area contributed by atoms with Crippen molar-refractivity contribution in [3.63, 3.8) is 0 Å². The lowest BCUT2D eigenvalue weighted by molar-refractivity contribution is 0.102. The fourth-order valence-corrected chi connectivity index (χ4v) is 12.2. The highest BCUT2D eigenvalue weighted by molar-refractivity contribution is 6.10. The summed E-state index contributed by atoms with van der Waals surface area (Å²) in [7, 11) is 0. The molecule has 1 atom stereocenters. The molecule has 1 saturated carbocycles. The number of unbranched alkanes of at least 4 members (excludes halogenated alkanes) is 3. The standard InChI is InChI=1S/C68H64F3NO3/c1-5-7-9-10-43-11-13-44(14-12-43)45-15-17-46(18-16-45)47-23-32-54(33-24-47)72-66(73)49-21-19-48(20-22-49)50-25-36-58-57(42-50)61-62-59(70)37-38-60(71)63(62)65-56(64(61)67(58,3)4)39-40-68(75-65,51-26-30-53(69)31-27-51)52-28-34-55(35-29-52)74-41-8-6-2/h15-40,42-44H,5-14,41H2,1-4H3,(H,72,73). The van der Waals surface area contributed by atoms with Crippen LogP contribution in [0.15, 0.2) is 158 Å². The lowest BCUT2D eigenvalue weighted by Gasteiger charge is -2.38. The van der Waals surface area contributed by atoms with Crippen molar-refractivity contribution in [2.24, 2.45) is 5.92 Å². The fourth-order valence-electron chi connectivity index (χ4n) is 12.2. The topological polar surface area (TPSA) is 47.6 Å². The monoisotopic (exact) mass is 999 g/mol. The van der Waals surface area contributed by atoms with E-state index in [1.54, 1.807) is 12.1 Å². The van der Waals surface area contributed by atoms with E-state index in [-0.39, 0.29) is 22.4 Å². The molecule has 75 heavy (non-hydrogen) atoms. The first-order chi connectivity index (χ1) is 36.4. The second kappa shape index (κ2) is 20.7. The fraction of sp³-hybridized carbons (Fsp3) is 0.279. The third-order valence-electron chi connectivity index (χ3n) is 16.4. The molecule has 0 saturated heterocycles. The van der Waals surface area contributed by atoms with Crippen LogP contribution in [0.1, 0.15) is 142 Å². The van der Waals surface area contributed by atoms with Gasteiger partial charge in [-0.05, 0) is 167 Å². The summed E-state index contributed by atoms with van der Waals surface area (Å²) >= 11 is 0. The summed E-state index contributed by atoms with van der Waals surface area (Å²) in [4.78, 5) is 13.6. The summed E-state index contributed by atoms with van der Waals surface area (Å²) in [5.74, 6) is 0.651. The number of fused-ring (bicyclic) bond motifs is 8. The Kier molecular flexibility index (Phi) is 13.8. The molecule has 1 N–H and O–H groups in total. The molecule has 11 rings (SSSR count). The van der Waals surface area contributed by atoms with Crippen LogP contribution in [-0.2, 0) is 11.0 Å². The maximum atomic E-state index is 16.8. The van der Waals surface area contributed by atoms with E-state index in [0.717, 1.165) is 63.8 Å². The molecule has 1 amide bonds. The summed E-state index contributed by atoms with van der Waals surface area (Å²) in [5, 5.41) is 3.24. The van der Waals surface area contributed by atoms with Crippen molar-refractivity contribution in [3.05, 3.63) is 214 Å². The van der Waals surface area contributed by atoms with Gasteiger partial charge in [0.15, 0.2) is 5.60 Å². The highest BCUT2D eigenvalue weighted by Gasteiger charge is 2.45. The van der Waals surface area contributed by atoms with Crippen LogP contribution in [0.25, 0.3) is 50.2 Å². The van der Waals surface area contributed by atoms with Gasteiger partial charge in [0.1, 0.15) is 29.0 Å². The Morgan fingerprint density at radius 3 is 1.92 bits per heavy atom. The van der Waals surface area contributed by atoms with Crippen molar-refractivity contribution in [1.29, 1.82) is 0 Å². The predicted molar refractivity (Wildman–Crippen MR) is 299 cm³/mol. The zero-order valence-electron chi connectivity index (χ0n) is 43.4. The van der Waals surface area contributed by atoms with Crippen LogP contribution < -0.4 is 14.8 Å². The summed E-state index contributed by atoms with van der Waals surface area (Å²) in [6.07, 6.45) is 16.5. The van der Waals surface area contributed by atoms with Crippen LogP contribution >= 0.6 is 0 Å². The van der Waals surface area contributed by atoms with Crippen LogP contribution in [0.4, 0.5) is 18.9 Å². The second-order valence-corrected chi connectivity index (χ2v) is 21.5. The number of rotatable bonds is 15. The molecule has 7 heteroatoms. The molecule has 1 unspecified atom stereocenters. The van der Waals surface area contributed by atoms with Gasteiger partial charge >= 0.3 is 0 Å². The number of hydrogen-bond acceptors (Lipinski definition) is 3. The number of hydrogen-bond donors (Lipinski definition) is 1. The van der Waals surface area contributed by atoms with E-state index in [0.29, 0.717) is 51.8 Å². The normalized spacial score (nSPS) is 18.2. The van der Waals surface area contributed by atoms with Crippen LogP contribution in [0.5, 0.6) is 11.5 Å². The first-order valence-electron chi connectivity index (χ1n) is 27.1. The molecule has 2 aliphatic carbocycles. The number of carbonyl (C=O) groups is 1. The number of benzene rings is 8. The minimum atomic E-state index is -1.32. The maximum Gasteiger partial charge on any atom is 0.255 e. The van der Waals surface area contributed by atoms with Gasteiger partial charge in [-0.3, -0.25) is 4.79 Å².